The molecular formula is C20H16FN5O2S. The molecule has 0 saturated carbocycles. The molecule has 0 bridgehead atoms. The van der Waals surface area contributed by atoms with Crippen LogP contribution in [0.15, 0.2) is 63.5 Å². The number of hydrazone groups is 1. The lowest BCUT2D eigenvalue weighted by molar-refractivity contribution is 0.242. The third kappa shape index (κ3) is 5.02. The van der Waals surface area contributed by atoms with E-state index >= 15 is 0 Å². The molecule has 0 saturated heterocycles. The normalized spacial score (nSPS) is 11.1. The van der Waals surface area contributed by atoms with Crippen LogP contribution >= 0.6 is 11.3 Å². The molecule has 2 aromatic carbocycles. The van der Waals surface area contributed by atoms with Crippen LogP contribution in [0.1, 0.15) is 17.1 Å². The van der Waals surface area contributed by atoms with E-state index in [4.69, 9.17) is 9.26 Å². The smallest absolute Gasteiger partial charge is 0.264 e. The average Bonchev–Trinajstić information content (AvgIpc) is 3.37. The molecular weight excluding hydrogens is 393 g/mol. The number of thiazole rings is 1. The Morgan fingerprint density at radius 1 is 1.14 bits per heavy atom. The van der Waals surface area contributed by atoms with Crippen LogP contribution in [0.25, 0.3) is 11.4 Å². The summed E-state index contributed by atoms with van der Waals surface area (Å²) in [5, 5.41) is 10.8. The highest BCUT2D eigenvalue weighted by Crippen LogP contribution is 2.18. The first-order valence-electron chi connectivity index (χ1n) is 8.68. The minimum absolute atomic E-state index is 0.102. The van der Waals surface area contributed by atoms with Crippen molar-refractivity contribution < 1.29 is 13.7 Å². The molecule has 9 heteroatoms. The molecule has 29 heavy (non-hydrogen) atoms. The van der Waals surface area contributed by atoms with Crippen molar-refractivity contribution in [2.45, 2.75) is 13.5 Å². The molecule has 2 heterocycles. The van der Waals surface area contributed by atoms with Gasteiger partial charge in [-0.1, -0.05) is 29.4 Å². The van der Waals surface area contributed by atoms with Gasteiger partial charge < -0.3 is 9.26 Å². The summed E-state index contributed by atoms with van der Waals surface area (Å²) >= 11 is 1.50. The van der Waals surface area contributed by atoms with E-state index in [0.717, 1.165) is 22.0 Å². The molecule has 0 aliphatic carbocycles. The molecule has 0 unspecified atom stereocenters. The molecule has 0 spiro atoms. The first-order chi connectivity index (χ1) is 14.2. The van der Waals surface area contributed by atoms with E-state index in [9.17, 15) is 4.39 Å². The Kier molecular flexibility index (Phi) is 5.57. The highest BCUT2D eigenvalue weighted by Gasteiger charge is 2.09. The van der Waals surface area contributed by atoms with Crippen molar-refractivity contribution in [2.24, 2.45) is 5.10 Å². The summed E-state index contributed by atoms with van der Waals surface area (Å²) in [6.07, 6.45) is 1.71. The van der Waals surface area contributed by atoms with Crippen LogP contribution in [0.4, 0.5) is 9.52 Å². The summed E-state index contributed by atoms with van der Waals surface area (Å²) < 4.78 is 23.6. The van der Waals surface area contributed by atoms with Gasteiger partial charge in [0.1, 0.15) is 11.6 Å². The van der Waals surface area contributed by atoms with Crippen LogP contribution < -0.4 is 10.2 Å². The van der Waals surface area contributed by atoms with Gasteiger partial charge in [0, 0.05) is 10.9 Å². The minimum Gasteiger partial charge on any atom is -0.484 e. The number of ether oxygens (including phenoxy) is 1. The Bertz CT molecular complexity index is 1110. The van der Waals surface area contributed by atoms with E-state index in [1.54, 1.807) is 6.21 Å². The monoisotopic (exact) mass is 409 g/mol. The standard InChI is InChI=1S/C20H16FN5O2S/c1-13-12-29-20(23-13)25-22-10-14-2-4-15(5-3-14)19-24-18(28-26-19)11-27-17-8-6-16(21)7-9-17/h2-10,12H,11H2,1H3,(H,23,25). The second-order valence-electron chi connectivity index (χ2n) is 6.04. The van der Waals surface area contributed by atoms with E-state index in [0.29, 0.717) is 17.5 Å². The lowest BCUT2D eigenvalue weighted by Gasteiger charge is -2.01. The third-order valence-corrected chi connectivity index (χ3v) is 4.67. The van der Waals surface area contributed by atoms with Crippen LogP contribution in [0.5, 0.6) is 5.75 Å². The van der Waals surface area contributed by atoms with Crippen molar-refractivity contribution in [2.75, 3.05) is 5.43 Å². The Labute approximate surface area is 169 Å². The molecule has 2 aromatic heterocycles. The Morgan fingerprint density at radius 3 is 2.66 bits per heavy atom. The lowest BCUT2D eigenvalue weighted by atomic mass is 10.1. The largest absolute Gasteiger partial charge is 0.484 e. The van der Waals surface area contributed by atoms with Gasteiger partial charge in [-0.2, -0.15) is 10.1 Å². The van der Waals surface area contributed by atoms with Gasteiger partial charge in [0.25, 0.3) is 5.89 Å². The minimum atomic E-state index is -0.319. The molecule has 0 radical (unpaired) electrons. The van der Waals surface area contributed by atoms with Gasteiger partial charge in [0.2, 0.25) is 11.0 Å². The van der Waals surface area contributed by atoms with Crippen LogP contribution in [-0.4, -0.2) is 21.3 Å². The molecule has 0 aliphatic rings. The number of rotatable bonds is 7. The highest BCUT2D eigenvalue weighted by atomic mass is 32.1. The van der Waals surface area contributed by atoms with Gasteiger partial charge in [-0.15, -0.1) is 11.3 Å². The third-order valence-electron chi connectivity index (χ3n) is 3.81. The maximum Gasteiger partial charge on any atom is 0.264 e. The van der Waals surface area contributed by atoms with Crippen molar-refractivity contribution in [1.29, 1.82) is 0 Å². The average molecular weight is 409 g/mol. The van der Waals surface area contributed by atoms with Crippen molar-refractivity contribution in [3.63, 3.8) is 0 Å². The van der Waals surface area contributed by atoms with Gasteiger partial charge in [-0.25, -0.2) is 9.37 Å². The fourth-order valence-corrected chi connectivity index (χ4v) is 3.03. The van der Waals surface area contributed by atoms with Gasteiger partial charge in [0.15, 0.2) is 6.61 Å². The zero-order chi connectivity index (χ0) is 20.1. The molecule has 4 rings (SSSR count). The van der Waals surface area contributed by atoms with E-state index in [1.165, 1.54) is 35.6 Å². The number of nitrogens with zero attached hydrogens (tertiary/aromatic N) is 4. The summed E-state index contributed by atoms with van der Waals surface area (Å²) in [6.45, 7) is 2.04. The highest BCUT2D eigenvalue weighted by molar-refractivity contribution is 7.13. The van der Waals surface area contributed by atoms with Gasteiger partial charge >= 0.3 is 0 Å². The number of anilines is 1. The molecule has 4 aromatic rings. The molecule has 0 atom stereocenters. The summed E-state index contributed by atoms with van der Waals surface area (Å²) in [5.74, 6) is 0.997. The van der Waals surface area contributed by atoms with E-state index < -0.39 is 0 Å². The topological polar surface area (TPSA) is 85.4 Å². The maximum absolute atomic E-state index is 12.9. The van der Waals surface area contributed by atoms with Crippen LogP contribution in [0.2, 0.25) is 0 Å². The lowest BCUT2D eigenvalue weighted by Crippen LogP contribution is -1.95. The van der Waals surface area contributed by atoms with E-state index in [1.807, 2.05) is 36.6 Å². The SMILES string of the molecule is Cc1csc(NN=Cc2ccc(-c3noc(COc4ccc(F)cc4)n3)cc2)n1. The van der Waals surface area contributed by atoms with E-state index in [2.05, 4.69) is 25.7 Å². The fourth-order valence-electron chi connectivity index (χ4n) is 2.39. The Balaban J connectivity index is 1.34. The van der Waals surface area contributed by atoms with Gasteiger partial charge in [-0.05, 0) is 36.8 Å². The summed E-state index contributed by atoms with van der Waals surface area (Å²) in [5.41, 5.74) is 5.58. The van der Waals surface area contributed by atoms with Gasteiger partial charge in [0.05, 0.1) is 11.9 Å². The summed E-state index contributed by atoms with van der Waals surface area (Å²) in [6, 6.07) is 13.3. The zero-order valence-corrected chi connectivity index (χ0v) is 16.2. The van der Waals surface area contributed by atoms with Crippen LogP contribution in [-0.2, 0) is 6.61 Å². The number of aromatic nitrogens is 3. The molecule has 0 fully saturated rings. The zero-order valence-electron chi connectivity index (χ0n) is 15.4. The second kappa shape index (κ2) is 8.61. The molecule has 7 nitrogen and oxygen atoms in total. The second-order valence-corrected chi connectivity index (χ2v) is 6.90. The number of aryl methyl sites for hydroxylation is 1. The molecule has 0 amide bonds. The first-order valence-corrected chi connectivity index (χ1v) is 9.56. The molecule has 146 valence electrons. The van der Waals surface area contributed by atoms with Crippen molar-refractivity contribution in [1.82, 2.24) is 15.1 Å². The number of benzene rings is 2. The van der Waals surface area contributed by atoms with E-state index in [-0.39, 0.29) is 12.4 Å². The molecule has 1 N–H and O–H groups in total. The first kappa shape index (κ1) is 18.8. The Morgan fingerprint density at radius 2 is 1.93 bits per heavy atom. The van der Waals surface area contributed by atoms with Gasteiger partial charge in [-0.3, -0.25) is 5.43 Å². The number of halogens is 1. The summed E-state index contributed by atoms with van der Waals surface area (Å²) in [4.78, 5) is 8.59. The van der Waals surface area contributed by atoms with Crippen LogP contribution in [0.3, 0.4) is 0 Å². The maximum atomic E-state index is 12.9. The van der Waals surface area contributed by atoms with Crippen LogP contribution in [0, 0.1) is 12.7 Å². The van der Waals surface area contributed by atoms with Crippen molar-refractivity contribution >= 4 is 22.7 Å². The predicted octanol–water partition coefficient (Wildman–Crippen LogP) is 4.67. The number of nitrogens with one attached hydrogen (secondary N) is 1. The quantitative estimate of drug-likeness (QED) is 0.353. The number of hydrogen-bond donors (Lipinski definition) is 1. The Hall–Kier alpha value is -3.59. The van der Waals surface area contributed by atoms with Crippen molar-refractivity contribution in [3.05, 3.63) is 76.9 Å². The fraction of sp³-hybridized carbons (Fsp3) is 0.100. The predicted molar refractivity (Wildman–Crippen MR) is 109 cm³/mol. The number of hydrogen-bond acceptors (Lipinski definition) is 8. The summed E-state index contributed by atoms with van der Waals surface area (Å²) in [7, 11) is 0. The molecule has 0 aliphatic heterocycles. The van der Waals surface area contributed by atoms with Crippen molar-refractivity contribution in [3.8, 4) is 17.1 Å².